The van der Waals surface area contributed by atoms with Crippen LogP contribution >= 0.6 is 0 Å². The summed E-state index contributed by atoms with van der Waals surface area (Å²) in [6.45, 7) is 0.194. The van der Waals surface area contributed by atoms with Crippen molar-refractivity contribution in [3.63, 3.8) is 0 Å². The van der Waals surface area contributed by atoms with Gasteiger partial charge in [-0.3, -0.25) is 0 Å². The lowest BCUT2D eigenvalue weighted by Crippen LogP contribution is -1.75. The van der Waals surface area contributed by atoms with E-state index in [-0.39, 0.29) is 6.61 Å². The van der Waals surface area contributed by atoms with E-state index < -0.39 is 0 Å². The third-order valence-corrected chi connectivity index (χ3v) is 0.528. The molecule has 0 rings (SSSR count). The molecule has 0 aliphatic rings. The Morgan fingerprint density at radius 2 is 2.43 bits per heavy atom. The van der Waals surface area contributed by atoms with Gasteiger partial charge in [0, 0.05) is 6.61 Å². The summed E-state index contributed by atoms with van der Waals surface area (Å²) in [5.41, 5.74) is 0. The van der Waals surface area contributed by atoms with Crippen LogP contribution in [0.15, 0.2) is 12.3 Å². The first-order valence-electron chi connectivity index (χ1n) is 2.20. The van der Waals surface area contributed by atoms with Gasteiger partial charge in [0.2, 0.25) is 0 Å². The zero-order valence-corrected chi connectivity index (χ0v) is 4.42. The predicted molar refractivity (Wildman–Crippen MR) is 27.9 cm³/mol. The minimum atomic E-state index is 0.194. The molecule has 0 spiro atoms. The van der Waals surface area contributed by atoms with Crippen molar-refractivity contribution in [3.8, 4) is 0 Å². The minimum absolute atomic E-state index is 0.194. The van der Waals surface area contributed by atoms with E-state index in [0.29, 0.717) is 6.42 Å². The topological polar surface area (TPSA) is 29.5 Å². The molecule has 0 saturated heterocycles. The van der Waals surface area contributed by atoms with Gasteiger partial charge in [0.25, 0.3) is 0 Å². The number of ether oxygens (including phenoxy) is 1. The van der Waals surface area contributed by atoms with Crippen molar-refractivity contribution < 1.29 is 9.84 Å². The Morgan fingerprint density at radius 3 is 2.86 bits per heavy atom. The van der Waals surface area contributed by atoms with E-state index in [0.717, 1.165) is 0 Å². The molecule has 0 aromatic heterocycles. The van der Waals surface area contributed by atoms with E-state index in [1.165, 1.54) is 0 Å². The average molecular weight is 102 g/mol. The first-order valence-corrected chi connectivity index (χ1v) is 2.20. The van der Waals surface area contributed by atoms with Crippen LogP contribution in [0.4, 0.5) is 0 Å². The van der Waals surface area contributed by atoms with Gasteiger partial charge in [0.1, 0.15) is 0 Å². The van der Waals surface area contributed by atoms with Crippen LogP contribution in [0.3, 0.4) is 0 Å². The number of hydrogen-bond acceptors (Lipinski definition) is 2. The second-order valence-corrected chi connectivity index (χ2v) is 1.12. The van der Waals surface area contributed by atoms with E-state index >= 15 is 0 Å². The van der Waals surface area contributed by atoms with Gasteiger partial charge in [-0.1, -0.05) is 0 Å². The molecule has 0 saturated carbocycles. The molecule has 0 aromatic rings. The number of rotatable bonds is 3. The number of methoxy groups -OCH3 is 1. The molecule has 2 heteroatoms. The average Bonchev–Trinajstić information content (AvgIpc) is 1.69. The monoisotopic (exact) mass is 102 g/mol. The third-order valence-electron chi connectivity index (χ3n) is 0.528. The number of aliphatic hydroxyl groups is 1. The smallest absolute Gasteiger partial charge is 0.0785 e. The van der Waals surface area contributed by atoms with Gasteiger partial charge in [0.15, 0.2) is 0 Å². The van der Waals surface area contributed by atoms with Crippen molar-refractivity contribution in [1.82, 2.24) is 0 Å². The predicted octanol–water partition coefficient (Wildman–Crippen LogP) is 0.529. The van der Waals surface area contributed by atoms with Crippen LogP contribution in [-0.2, 0) is 4.74 Å². The maximum Gasteiger partial charge on any atom is 0.0785 e. The molecule has 7 heavy (non-hydrogen) atoms. The lowest BCUT2D eigenvalue weighted by molar-refractivity contribution is 0.297. The third kappa shape index (κ3) is 5.50. The first kappa shape index (κ1) is 6.50. The van der Waals surface area contributed by atoms with Crippen molar-refractivity contribution in [3.05, 3.63) is 12.3 Å². The van der Waals surface area contributed by atoms with Crippen LogP contribution in [0.1, 0.15) is 6.42 Å². The molecule has 0 atom stereocenters. The molecule has 0 bridgehead atoms. The SMILES string of the molecule is CO/C=C/CCO. The Balaban J connectivity index is 2.78. The summed E-state index contributed by atoms with van der Waals surface area (Å²) in [6, 6.07) is 0. The summed E-state index contributed by atoms with van der Waals surface area (Å²) >= 11 is 0. The van der Waals surface area contributed by atoms with Crippen LogP contribution in [-0.4, -0.2) is 18.8 Å². The van der Waals surface area contributed by atoms with Gasteiger partial charge >= 0.3 is 0 Å². The van der Waals surface area contributed by atoms with Gasteiger partial charge in [-0.2, -0.15) is 0 Å². The molecule has 0 radical (unpaired) electrons. The van der Waals surface area contributed by atoms with Crippen molar-refractivity contribution in [1.29, 1.82) is 0 Å². The molecule has 0 aliphatic carbocycles. The Labute approximate surface area is 43.4 Å². The van der Waals surface area contributed by atoms with Crippen molar-refractivity contribution in [2.45, 2.75) is 6.42 Å². The zero-order chi connectivity index (χ0) is 5.54. The van der Waals surface area contributed by atoms with Gasteiger partial charge < -0.3 is 9.84 Å². The molecule has 0 heterocycles. The van der Waals surface area contributed by atoms with Crippen LogP contribution in [0.2, 0.25) is 0 Å². The number of aliphatic hydroxyl groups excluding tert-OH is 1. The molecule has 0 amide bonds. The molecular formula is C5H10O2. The maximum absolute atomic E-state index is 8.19. The quantitative estimate of drug-likeness (QED) is 0.527. The van der Waals surface area contributed by atoms with E-state index in [2.05, 4.69) is 4.74 Å². The van der Waals surface area contributed by atoms with Gasteiger partial charge in [-0.05, 0) is 12.5 Å². The summed E-state index contributed by atoms with van der Waals surface area (Å²) in [7, 11) is 1.58. The second kappa shape index (κ2) is 5.50. The van der Waals surface area contributed by atoms with Crippen molar-refractivity contribution >= 4 is 0 Å². The normalized spacial score (nSPS) is 10.0. The summed E-state index contributed by atoms with van der Waals surface area (Å²) in [6.07, 6.45) is 3.99. The molecule has 0 aliphatic heterocycles. The number of hydrogen-bond donors (Lipinski definition) is 1. The standard InChI is InChI=1S/C5H10O2/c1-7-5-3-2-4-6/h3,5-6H,2,4H2,1H3/b5-3+. The molecule has 1 N–H and O–H groups in total. The largest absolute Gasteiger partial charge is 0.505 e. The van der Waals surface area contributed by atoms with Crippen LogP contribution in [0, 0.1) is 0 Å². The summed E-state index contributed by atoms with van der Waals surface area (Å²) in [5, 5.41) is 8.19. The molecule has 0 aromatic carbocycles. The van der Waals surface area contributed by atoms with Crippen LogP contribution in [0.25, 0.3) is 0 Å². The summed E-state index contributed by atoms with van der Waals surface area (Å²) < 4.78 is 4.55. The van der Waals surface area contributed by atoms with E-state index in [1.54, 1.807) is 19.4 Å². The fraction of sp³-hybridized carbons (Fsp3) is 0.600. The van der Waals surface area contributed by atoms with Gasteiger partial charge in [0.05, 0.1) is 13.4 Å². The summed E-state index contributed by atoms with van der Waals surface area (Å²) in [5.74, 6) is 0. The molecule has 0 fully saturated rings. The highest BCUT2D eigenvalue weighted by Gasteiger charge is 1.69. The molecule has 0 unspecified atom stereocenters. The second-order valence-electron chi connectivity index (χ2n) is 1.12. The summed E-state index contributed by atoms with van der Waals surface area (Å²) in [4.78, 5) is 0. The van der Waals surface area contributed by atoms with Crippen molar-refractivity contribution in [2.24, 2.45) is 0 Å². The van der Waals surface area contributed by atoms with Crippen LogP contribution < -0.4 is 0 Å². The lowest BCUT2D eigenvalue weighted by Gasteiger charge is -1.83. The van der Waals surface area contributed by atoms with Gasteiger partial charge in [-0.25, -0.2) is 0 Å². The van der Waals surface area contributed by atoms with E-state index in [4.69, 9.17) is 5.11 Å². The van der Waals surface area contributed by atoms with E-state index in [1.807, 2.05) is 0 Å². The fourth-order valence-corrected chi connectivity index (χ4v) is 0.239. The van der Waals surface area contributed by atoms with E-state index in [9.17, 15) is 0 Å². The minimum Gasteiger partial charge on any atom is -0.505 e. The Morgan fingerprint density at radius 1 is 1.71 bits per heavy atom. The zero-order valence-electron chi connectivity index (χ0n) is 4.42. The highest BCUT2D eigenvalue weighted by atomic mass is 16.5. The molecule has 2 nitrogen and oxygen atoms in total. The lowest BCUT2D eigenvalue weighted by atomic mass is 10.4. The maximum atomic E-state index is 8.19. The highest BCUT2D eigenvalue weighted by molar-refractivity contribution is 4.71. The Kier molecular flexibility index (Phi) is 5.11. The van der Waals surface area contributed by atoms with Crippen LogP contribution in [0.5, 0.6) is 0 Å². The first-order chi connectivity index (χ1) is 3.41. The van der Waals surface area contributed by atoms with Crippen molar-refractivity contribution in [2.75, 3.05) is 13.7 Å². The van der Waals surface area contributed by atoms with Gasteiger partial charge in [-0.15, -0.1) is 0 Å². The Hall–Kier alpha value is -0.500. The Bertz CT molecular complexity index is 50.0. The fourth-order valence-electron chi connectivity index (χ4n) is 0.239. The molecular weight excluding hydrogens is 92.1 g/mol. The highest BCUT2D eigenvalue weighted by Crippen LogP contribution is 1.78. The molecule has 42 valence electrons.